The van der Waals surface area contributed by atoms with Gasteiger partial charge in [0.2, 0.25) is 0 Å². The van der Waals surface area contributed by atoms with Crippen molar-refractivity contribution in [3.63, 3.8) is 0 Å². The quantitative estimate of drug-likeness (QED) is 0.116. The van der Waals surface area contributed by atoms with E-state index in [1.165, 1.54) is 173 Å². The molecule has 0 atom stereocenters. The van der Waals surface area contributed by atoms with E-state index in [0.29, 0.717) is 0 Å². The molecule has 181 valence electrons. The molecular formula is C30H61. The Bertz CT molecular complexity index is 241. The minimum absolute atomic E-state index is 1.34. The molecule has 0 rings (SSSR count). The lowest BCUT2D eigenvalue weighted by Gasteiger charge is -2.04. The predicted octanol–water partition coefficient (Wildman–Crippen LogP) is 11.8. The predicted molar refractivity (Wildman–Crippen MR) is 140 cm³/mol. The SMILES string of the molecule is CCCC[CH]CCCCCCCCCCCCCCCCCCCCCCCCC. The molecule has 0 saturated heterocycles. The van der Waals surface area contributed by atoms with Gasteiger partial charge in [-0.1, -0.05) is 187 Å². The van der Waals surface area contributed by atoms with Gasteiger partial charge in [-0.25, -0.2) is 0 Å². The van der Waals surface area contributed by atoms with Crippen molar-refractivity contribution in [1.29, 1.82) is 0 Å². The van der Waals surface area contributed by atoms with Crippen molar-refractivity contribution in [3.8, 4) is 0 Å². The van der Waals surface area contributed by atoms with E-state index in [1.54, 1.807) is 0 Å². The number of rotatable bonds is 27. The molecule has 0 heteroatoms. The van der Waals surface area contributed by atoms with Crippen LogP contribution >= 0.6 is 0 Å². The summed E-state index contributed by atoms with van der Waals surface area (Å²) >= 11 is 0. The number of hydrogen-bond donors (Lipinski definition) is 0. The third-order valence-corrected chi connectivity index (χ3v) is 6.77. The van der Waals surface area contributed by atoms with E-state index in [1.807, 2.05) is 0 Å². The van der Waals surface area contributed by atoms with E-state index < -0.39 is 0 Å². The Morgan fingerprint density at radius 2 is 0.500 bits per heavy atom. The van der Waals surface area contributed by atoms with Gasteiger partial charge in [0, 0.05) is 0 Å². The maximum Gasteiger partial charge on any atom is -0.0386 e. The summed E-state index contributed by atoms with van der Waals surface area (Å²) in [5.74, 6) is 0. The maximum absolute atomic E-state index is 2.51. The molecule has 0 aromatic carbocycles. The molecule has 0 unspecified atom stereocenters. The summed E-state index contributed by atoms with van der Waals surface area (Å²) < 4.78 is 0. The Hall–Kier alpha value is 0. The number of unbranched alkanes of at least 4 members (excludes halogenated alkanes) is 27. The zero-order valence-corrected chi connectivity index (χ0v) is 21.7. The first-order chi connectivity index (χ1) is 14.9. The topological polar surface area (TPSA) is 0 Å². The standard InChI is InChI=1S/C30H61/c1-3-5-7-9-11-13-15-17-19-21-23-25-27-29-30-28-26-24-22-20-18-16-14-12-10-8-6-4-2/h9H,3-8,10-30H2,1-2H3. The van der Waals surface area contributed by atoms with Crippen molar-refractivity contribution in [3.05, 3.63) is 6.42 Å². The molecule has 0 spiro atoms. The molecule has 0 aromatic heterocycles. The van der Waals surface area contributed by atoms with Crippen LogP contribution in [0.4, 0.5) is 0 Å². The van der Waals surface area contributed by atoms with Gasteiger partial charge < -0.3 is 0 Å². The van der Waals surface area contributed by atoms with Gasteiger partial charge in [-0.05, 0) is 6.42 Å². The summed E-state index contributed by atoms with van der Waals surface area (Å²) in [6.45, 7) is 4.59. The summed E-state index contributed by atoms with van der Waals surface area (Å²) in [7, 11) is 0. The molecule has 0 heterocycles. The molecule has 0 fully saturated rings. The Morgan fingerprint density at radius 3 is 0.800 bits per heavy atom. The monoisotopic (exact) mass is 421 g/mol. The molecule has 0 N–H and O–H groups in total. The molecule has 0 aromatic rings. The second-order valence-electron chi connectivity index (χ2n) is 10.00. The normalized spacial score (nSPS) is 11.4. The van der Waals surface area contributed by atoms with Crippen molar-refractivity contribution in [2.45, 2.75) is 187 Å². The third kappa shape index (κ3) is 28.0. The van der Waals surface area contributed by atoms with Crippen LogP contribution in [0.2, 0.25) is 0 Å². The van der Waals surface area contributed by atoms with Crippen LogP contribution in [-0.2, 0) is 0 Å². The Labute approximate surface area is 193 Å². The molecule has 1 radical (unpaired) electrons. The minimum atomic E-state index is 1.34. The zero-order valence-electron chi connectivity index (χ0n) is 21.7. The first kappa shape index (κ1) is 30.0. The van der Waals surface area contributed by atoms with E-state index >= 15 is 0 Å². The highest BCUT2D eigenvalue weighted by molar-refractivity contribution is 4.64. The fourth-order valence-corrected chi connectivity index (χ4v) is 4.57. The largest absolute Gasteiger partial charge is 0.0654 e. The lowest BCUT2D eigenvalue weighted by molar-refractivity contribution is 0.517. The molecular weight excluding hydrogens is 360 g/mol. The van der Waals surface area contributed by atoms with Gasteiger partial charge in [-0.3, -0.25) is 0 Å². The lowest BCUT2D eigenvalue weighted by atomic mass is 10.0. The van der Waals surface area contributed by atoms with Gasteiger partial charge >= 0.3 is 0 Å². The van der Waals surface area contributed by atoms with Crippen molar-refractivity contribution in [2.24, 2.45) is 0 Å². The van der Waals surface area contributed by atoms with Gasteiger partial charge in [0.05, 0.1) is 0 Å². The van der Waals surface area contributed by atoms with Crippen LogP contribution in [-0.4, -0.2) is 0 Å². The van der Waals surface area contributed by atoms with E-state index in [-0.39, 0.29) is 0 Å². The van der Waals surface area contributed by atoms with Crippen molar-refractivity contribution in [1.82, 2.24) is 0 Å². The van der Waals surface area contributed by atoms with Crippen LogP contribution < -0.4 is 0 Å². The molecule has 0 nitrogen and oxygen atoms in total. The third-order valence-electron chi connectivity index (χ3n) is 6.77. The second-order valence-corrected chi connectivity index (χ2v) is 10.00. The summed E-state index contributed by atoms with van der Waals surface area (Å²) in [4.78, 5) is 0. The molecule has 0 saturated carbocycles. The minimum Gasteiger partial charge on any atom is -0.0654 e. The second kappa shape index (κ2) is 29.0. The van der Waals surface area contributed by atoms with Crippen LogP contribution in [0, 0.1) is 6.42 Å². The molecule has 0 aliphatic carbocycles. The first-order valence-electron chi connectivity index (χ1n) is 14.7. The van der Waals surface area contributed by atoms with Crippen LogP contribution in [0.3, 0.4) is 0 Å². The van der Waals surface area contributed by atoms with Gasteiger partial charge in [-0.15, -0.1) is 0 Å². The highest BCUT2D eigenvalue weighted by Gasteiger charge is 1.96. The molecule has 0 aliphatic heterocycles. The van der Waals surface area contributed by atoms with E-state index in [2.05, 4.69) is 20.3 Å². The highest BCUT2D eigenvalue weighted by atomic mass is 14.0. The zero-order chi connectivity index (χ0) is 21.8. The average molecular weight is 422 g/mol. The highest BCUT2D eigenvalue weighted by Crippen LogP contribution is 2.16. The fourth-order valence-electron chi connectivity index (χ4n) is 4.57. The summed E-state index contributed by atoms with van der Waals surface area (Å²) in [5, 5.41) is 0. The lowest BCUT2D eigenvalue weighted by Crippen LogP contribution is -1.85. The molecule has 30 heavy (non-hydrogen) atoms. The van der Waals surface area contributed by atoms with E-state index in [9.17, 15) is 0 Å². The summed E-state index contributed by atoms with van der Waals surface area (Å²) in [5.41, 5.74) is 0. The van der Waals surface area contributed by atoms with Gasteiger partial charge in [-0.2, -0.15) is 0 Å². The summed E-state index contributed by atoms with van der Waals surface area (Å²) in [6, 6.07) is 0. The van der Waals surface area contributed by atoms with E-state index in [4.69, 9.17) is 0 Å². The Kier molecular flexibility index (Phi) is 29.0. The van der Waals surface area contributed by atoms with Gasteiger partial charge in [0.25, 0.3) is 0 Å². The summed E-state index contributed by atoms with van der Waals surface area (Å²) in [6.07, 6.45) is 41.9. The van der Waals surface area contributed by atoms with Crippen LogP contribution in [0.1, 0.15) is 187 Å². The number of hydrogen-bond acceptors (Lipinski definition) is 0. The van der Waals surface area contributed by atoms with Crippen molar-refractivity contribution >= 4 is 0 Å². The molecule has 0 amide bonds. The van der Waals surface area contributed by atoms with E-state index in [0.717, 1.165) is 0 Å². The van der Waals surface area contributed by atoms with Crippen molar-refractivity contribution in [2.75, 3.05) is 0 Å². The molecule has 0 aliphatic rings. The van der Waals surface area contributed by atoms with Gasteiger partial charge in [0.15, 0.2) is 0 Å². The first-order valence-corrected chi connectivity index (χ1v) is 14.7. The maximum atomic E-state index is 2.51. The van der Waals surface area contributed by atoms with Crippen LogP contribution in [0.25, 0.3) is 0 Å². The Balaban J connectivity index is 2.97. The Morgan fingerprint density at radius 1 is 0.267 bits per heavy atom. The van der Waals surface area contributed by atoms with Crippen LogP contribution in [0.15, 0.2) is 0 Å². The van der Waals surface area contributed by atoms with Crippen LogP contribution in [0.5, 0.6) is 0 Å². The fraction of sp³-hybridized carbons (Fsp3) is 0.967. The van der Waals surface area contributed by atoms with Gasteiger partial charge in [0.1, 0.15) is 0 Å². The smallest absolute Gasteiger partial charge is 0.0386 e. The molecule has 0 bridgehead atoms. The van der Waals surface area contributed by atoms with Crippen molar-refractivity contribution < 1.29 is 0 Å². The average Bonchev–Trinajstić information content (AvgIpc) is 2.76.